The van der Waals surface area contributed by atoms with E-state index in [2.05, 4.69) is 19.1 Å². The summed E-state index contributed by atoms with van der Waals surface area (Å²) in [5.41, 5.74) is 0. The first-order chi connectivity index (χ1) is 5.08. The second-order valence-electron chi connectivity index (χ2n) is 1.48. The standard InChI is InChI=1S/C3H3N3O4S/c7-11(8,9)10-3-5-1-4-2-6-3/h1-2H,(H,7,8,9)/p+1. The normalized spacial score (nSPS) is 11.0. The van der Waals surface area contributed by atoms with Gasteiger partial charge in [0.25, 0.3) is 0 Å². The summed E-state index contributed by atoms with van der Waals surface area (Å²) in [7, 11) is -4.52. The summed E-state index contributed by atoms with van der Waals surface area (Å²) in [4.78, 5) is 9.11. The Morgan fingerprint density at radius 1 is 1.45 bits per heavy atom. The van der Waals surface area contributed by atoms with Gasteiger partial charge in [-0.25, -0.2) is 0 Å². The molecule has 0 saturated heterocycles. The molecule has 8 heteroatoms. The molecule has 1 aromatic heterocycles. The van der Waals surface area contributed by atoms with Gasteiger partial charge in [0, 0.05) is 0 Å². The van der Waals surface area contributed by atoms with Gasteiger partial charge in [0.2, 0.25) is 12.7 Å². The van der Waals surface area contributed by atoms with E-state index in [1.807, 2.05) is 0 Å². The molecule has 1 heterocycles. The Morgan fingerprint density at radius 3 is 2.45 bits per heavy atom. The van der Waals surface area contributed by atoms with Gasteiger partial charge in [0.05, 0.1) is 0 Å². The lowest BCUT2D eigenvalue weighted by Gasteiger charge is -1.89. The van der Waals surface area contributed by atoms with Crippen molar-refractivity contribution < 1.29 is 22.1 Å². The van der Waals surface area contributed by atoms with Crippen LogP contribution in [0.1, 0.15) is 0 Å². The molecule has 2 N–H and O–H groups in total. The molecular formula is C3H4N3O4S+. The number of H-pyrrole nitrogens is 1. The van der Waals surface area contributed by atoms with E-state index in [-0.39, 0.29) is 0 Å². The number of aromatic nitrogens is 3. The van der Waals surface area contributed by atoms with E-state index in [1.165, 1.54) is 0 Å². The third-order valence-corrected chi connectivity index (χ3v) is 1.04. The zero-order chi connectivity index (χ0) is 8.32. The molecule has 0 aliphatic heterocycles. The summed E-state index contributed by atoms with van der Waals surface area (Å²) in [6, 6.07) is -0.439. The van der Waals surface area contributed by atoms with E-state index in [0.717, 1.165) is 12.7 Å². The van der Waals surface area contributed by atoms with E-state index in [1.54, 1.807) is 0 Å². The van der Waals surface area contributed by atoms with Crippen LogP contribution in [-0.2, 0) is 10.4 Å². The molecule has 0 fully saturated rings. The average molecular weight is 178 g/mol. The maximum absolute atomic E-state index is 10.0. The third-order valence-electron chi connectivity index (χ3n) is 0.679. The fourth-order valence-electron chi connectivity index (χ4n) is 0.389. The number of aromatic amines is 1. The molecule has 1 rings (SSSR count). The summed E-state index contributed by atoms with van der Waals surface area (Å²) in [6.45, 7) is 0. The SMILES string of the molecule is O=S(=O)(O)Oc1nc[nH+]cn1. The average Bonchev–Trinajstić information content (AvgIpc) is 1.85. The van der Waals surface area contributed by atoms with Crippen molar-refractivity contribution in [2.75, 3.05) is 0 Å². The summed E-state index contributed by atoms with van der Waals surface area (Å²) in [5.74, 6) is 0. The summed E-state index contributed by atoms with van der Waals surface area (Å²) < 4.78 is 32.1. The van der Waals surface area contributed by atoms with Crippen molar-refractivity contribution in [3.63, 3.8) is 0 Å². The van der Waals surface area contributed by atoms with Gasteiger partial charge in [0.1, 0.15) is 0 Å². The zero-order valence-electron chi connectivity index (χ0n) is 5.13. The minimum absolute atomic E-state index is 0.439. The van der Waals surface area contributed by atoms with Crippen LogP contribution in [0.15, 0.2) is 12.7 Å². The van der Waals surface area contributed by atoms with Crippen LogP contribution in [0.2, 0.25) is 0 Å². The minimum atomic E-state index is -4.52. The topological polar surface area (TPSA) is 104 Å². The highest BCUT2D eigenvalue weighted by Crippen LogP contribution is 1.97. The monoisotopic (exact) mass is 178 g/mol. The van der Waals surface area contributed by atoms with Gasteiger partial charge in [-0.2, -0.15) is 8.42 Å². The van der Waals surface area contributed by atoms with Crippen molar-refractivity contribution in [3.8, 4) is 6.01 Å². The number of nitrogens with one attached hydrogen (secondary N) is 1. The molecule has 7 nitrogen and oxygen atoms in total. The Labute approximate surface area is 62.0 Å². The van der Waals surface area contributed by atoms with Crippen molar-refractivity contribution in [1.82, 2.24) is 9.97 Å². The Kier molecular flexibility index (Phi) is 1.96. The van der Waals surface area contributed by atoms with Crippen molar-refractivity contribution in [1.29, 1.82) is 0 Å². The molecule has 0 aliphatic carbocycles. The molecule has 60 valence electrons. The molecule has 0 aromatic carbocycles. The first-order valence-corrected chi connectivity index (χ1v) is 3.79. The van der Waals surface area contributed by atoms with Gasteiger partial charge in [-0.15, -0.1) is 0 Å². The second-order valence-corrected chi connectivity index (χ2v) is 2.50. The molecule has 0 radical (unpaired) electrons. The van der Waals surface area contributed by atoms with E-state index in [0.29, 0.717) is 0 Å². The first-order valence-electron chi connectivity index (χ1n) is 2.43. The molecule has 1 aromatic rings. The quantitative estimate of drug-likeness (QED) is 0.551. The molecule has 0 amide bonds. The number of hydrogen-bond acceptors (Lipinski definition) is 5. The Morgan fingerprint density at radius 2 is 2.00 bits per heavy atom. The highest BCUT2D eigenvalue weighted by Gasteiger charge is 2.13. The molecule has 0 bridgehead atoms. The van der Waals surface area contributed by atoms with Gasteiger partial charge >= 0.3 is 16.4 Å². The van der Waals surface area contributed by atoms with E-state index < -0.39 is 16.4 Å². The van der Waals surface area contributed by atoms with E-state index >= 15 is 0 Å². The van der Waals surface area contributed by atoms with E-state index in [9.17, 15) is 8.42 Å². The van der Waals surface area contributed by atoms with Crippen LogP contribution in [0.25, 0.3) is 0 Å². The number of rotatable bonds is 2. The molecular weight excluding hydrogens is 174 g/mol. The third kappa shape index (κ3) is 2.87. The van der Waals surface area contributed by atoms with Crippen LogP contribution in [0.5, 0.6) is 6.01 Å². The lowest BCUT2D eigenvalue weighted by Crippen LogP contribution is -2.11. The van der Waals surface area contributed by atoms with Gasteiger partial charge in [-0.05, 0) is 9.97 Å². The molecule has 0 saturated carbocycles. The van der Waals surface area contributed by atoms with Crippen molar-refractivity contribution in [2.45, 2.75) is 0 Å². The minimum Gasteiger partial charge on any atom is -0.295 e. The first kappa shape index (κ1) is 7.82. The maximum atomic E-state index is 10.0. The Balaban J connectivity index is 2.82. The molecule has 0 atom stereocenters. The van der Waals surface area contributed by atoms with Gasteiger partial charge in [0.15, 0.2) is 0 Å². The summed E-state index contributed by atoms with van der Waals surface area (Å²) in [6.07, 6.45) is 2.32. The van der Waals surface area contributed by atoms with Crippen LogP contribution in [-0.4, -0.2) is 22.9 Å². The predicted octanol–water partition coefficient (Wildman–Crippen LogP) is -1.53. The number of nitrogens with zero attached hydrogens (tertiary/aromatic N) is 2. The Bertz CT molecular complexity index is 322. The largest absolute Gasteiger partial charge is 0.489 e. The van der Waals surface area contributed by atoms with Gasteiger partial charge in [-0.1, -0.05) is 0 Å². The Hall–Kier alpha value is -1.28. The molecule has 0 unspecified atom stereocenters. The van der Waals surface area contributed by atoms with Crippen molar-refractivity contribution >= 4 is 10.4 Å². The zero-order valence-corrected chi connectivity index (χ0v) is 5.95. The van der Waals surface area contributed by atoms with Crippen LogP contribution >= 0.6 is 0 Å². The highest BCUT2D eigenvalue weighted by molar-refractivity contribution is 7.81. The van der Waals surface area contributed by atoms with Gasteiger partial charge in [-0.3, -0.25) is 13.7 Å². The highest BCUT2D eigenvalue weighted by atomic mass is 32.3. The fourth-order valence-corrected chi connectivity index (χ4v) is 0.663. The van der Waals surface area contributed by atoms with E-state index in [4.69, 9.17) is 4.55 Å². The smallest absolute Gasteiger partial charge is 0.295 e. The fraction of sp³-hybridized carbons (Fsp3) is 0. The molecule has 11 heavy (non-hydrogen) atoms. The van der Waals surface area contributed by atoms with Crippen LogP contribution < -0.4 is 9.17 Å². The summed E-state index contributed by atoms with van der Waals surface area (Å²) >= 11 is 0. The van der Waals surface area contributed by atoms with Crippen molar-refractivity contribution in [3.05, 3.63) is 12.7 Å². The predicted molar refractivity (Wildman–Crippen MR) is 30.8 cm³/mol. The van der Waals surface area contributed by atoms with Crippen LogP contribution in [0.4, 0.5) is 0 Å². The lowest BCUT2D eigenvalue weighted by atomic mass is 11.0. The number of hydrogen-bond donors (Lipinski definition) is 1. The van der Waals surface area contributed by atoms with Crippen molar-refractivity contribution in [2.24, 2.45) is 0 Å². The molecule has 0 spiro atoms. The summed E-state index contributed by atoms with van der Waals surface area (Å²) in [5, 5.41) is 0. The van der Waals surface area contributed by atoms with Crippen LogP contribution in [0.3, 0.4) is 0 Å². The lowest BCUT2D eigenvalue weighted by molar-refractivity contribution is -0.388. The second kappa shape index (κ2) is 2.76. The molecule has 0 aliphatic rings. The van der Waals surface area contributed by atoms with Gasteiger partial charge < -0.3 is 0 Å². The maximum Gasteiger partial charge on any atom is 0.489 e. The van der Waals surface area contributed by atoms with Crippen LogP contribution in [0, 0.1) is 0 Å².